The van der Waals surface area contributed by atoms with Crippen LogP contribution < -0.4 is 14.9 Å². The van der Waals surface area contributed by atoms with Gasteiger partial charge in [0.2, 0.25) is 0 Å². The predicted molar refractivity (Wildman–Crippen MR) is 127 cm³/mol. The molecular weight excluding hydrogens is 480 g/mol. The van der Waals surface area contributed by atoms with Crippen LogP contribution in [0.3, 0.4) is 0 Å². The molecule has 0 atom stereocenters. The van der Waals surface area contributed by atoms with Crippen LogP contribution in [-0.2, 0) is 6.61 Å². The van der Waals surface area contributed by atoms with Crippen molar-refractivity contribution >= 4 is 39.7 Å². The molecule has 160 valence electrons. The summed E-state index contributed by atoms with van der Waals surface area (Å²) >= 11 is 9.47. The molecule has 31 heavy (non-hydrogen) atoms. The molecule has 0 unspecified atom stereocenters. The highest BCUT2D eigenvalue weighted by atomic mass is 79.9. The van der Waals surface area contributed by atoms with Crippen LogP contribution in [0.5, 0.6) is 11.5 Å². The third-order valence-electron chi connectivity index (χ3n) is 4.26. The van der Waals surface area contributed by atoms with Crippen molar-refractivity contribution in [3.05, 3.63) is 92.4 Å². The largest absolute Gasteiger partial charge is 0.490 e. The number of hydrogen-bond acceptors (Lipinski definition) is 4. The zero-order valence-corrected chi connectivity index (χ0v) is 19.5. The molecule has 3 aromatic carbocycles. The lowest BCUT2D eigenvalue weighted by molar-refractivity contribution is 0.0955. The molecule has 1 amide bonds. The Bertz CT molecular complexity index is 1100. The smallest absolute Gasteiger partial charge is 0.271 e. The molecule has 0 aliphatic heterocycles. The summed E-state index contributed by atoms with van der Waals surface area (Å²) in [5.41, 5.74) is 5.92. The lowest BCUT2D eigenvalue weighted by Gasteiger charge is -2.15. The minimum Gasteiger partial charge on any atom is -0.490 e. The first-order valence-corrected chi connectivity index (χ1v) is 10.9. The Kier molecular flexibility index (Phi) is 8.09. The molecule has 0 aromatic heterocycles. The van der Waals surface area contributed by atoms with Gasteiger partial charge in [0.1, 0.15) is 6.61 Å². The number of hydrogen-bond donors (Lipinski definition) is 1. The fourth-order valence-electron chi connectivity index (χ4n) is 2.88. The quantitative estimate of drug-likeness (QED) is 0.297. The molecular formula is C24H22BrClN2O3. The first-order valence-electron chi connectivity index (χ1n) is 9.70. The number of amides is 1. The highest BCUT2D eigenvalue weighted by molar-refractivity contribution is 9.10. The fourth-order valence-corrected chi connectivity index (χ4v) is 3.65. The second kappa shape index (κ2) is 11.0. The summed E-state index contributed by atoms with van der Waals surface area (Å²) < 4.78 is 12.5. The molecule has 0 aliphatic carbocycles. The number of aryl methyl sites for hydroxylation is 1. The molecule has 0 radical (unpaired) electrons. The minimum atomic E-state index is -0.346. The van der Waals surface area contributed by atoms with E-state index in [-0.39, 0.29) is 5.91 Å². The van der Waals surface area contributed by atoms with E-state index in [1.807, 2.05) is 44.2 Å². The molecule has 0 heterocycles. The zero-order valence-electron chi connectivity index (χ0n) is 17.2. The Morgan fingerprint density at radius 1 is 1.13 bits per heavy atom. The van der Waals surface area contributed by atoms with Gasteiger partial charge >= 0.3 is 0 Å². The van der Waals surface area contributed by atoms with Gasteiger partial charge in [0, 0.05) is 10.6 Å². The van der Waals surface area contributed by atoms with Crippen LogP contribution in [0.4, 0.5) is 0 Å². The maximum absolute atomic E-state index is 12.2. The van der Waals surface area contributed by atoms with Gasteiger partial charge in [-0.2, -0.15) is 5.10 Å². The van der Waals surface area contributed by atoms with Crippen molar-refractivity contribution in [1.82, 2.24) is 5.43 Å². The predicted octanol–water partition coefficient (Wildman–Crippen LogP) is 6.15. The van der Waals surface area contributed by atoms with Gasteiger partial charge in [-0.1, -0.05) is 47.5 Å². The summed E-state index contributed by atoms with van der Waals surface area (Å²) in [6.07, 6.45) is 1.54. The number of nitrogens with one attached hydrogen (secondary N) is 1. The molecule has 0 bridgehead atoms. The number of carbonyl (C=O) groups is 1. The van der Waals surface area contributed by atoms with E-state index >= 15 is 0 Å². The summed E-state index contributed by atoms with van der Waals surface area (Å²) in [5.74, 6) is 0.858. The monoisotopic (exact) mass is 500 g/mol. The van der Waals surface area contributed by atoms with Gasteiger partial charge in [-0.05, 0) is 71.2 Å². The first kappa shape index (κ1) is 22.8. The van der Waals surface area contributed by atoms with E-state index in [0.717, 1.165) is 15.6 Å². The number of nitrogens with zero attached hydrogens (tertiary/aromatic N) is 1. The number of halogens is 2. The van der Waals surface area contributed by atoms with Crippen LogP contribution in [0.25, 0.3) is 0 Å². The Hall–Kier alpha value is -2.83. The van der Waals surface area contributed by atoms with Crippen LogP contribution in [0.2, 0.25) is 5.02 Å². The molecule has 1 N–H and O–H groups in total. The second-order valence-electron chi connectivity index (χ2n) is 6.75. The third kappa shape index (κ3) is 6.57. The first-order chi connectivity index (χ1) is 15.0. The Labute approximate surface area is 195 Å². The molecule has 3 aromatic rings. The van der Waals surface area contributed by atoms with Gasteiger partial charge in [-0.3, -0.25) is 4.79 Å². The van der Waals surface area contributed by atoms with Gasteiger partial charge in [0.05, 0.1) is 17.3 Å². The van der Waals surface area contributed by atoms with Gasteiger partial charge in [-0.25, -0.2) is 5.43 Å². The molecule has 0 saturated carbocycles. The lowest BCUT2D eigenvalue weighted by Crippen LogP contribution is -2.17. The van der Waals surface area contributed by atoms with Crippen molar-refractivity contribution in [2.75, 3.05) is 6.61 Å². The maximum atomic E-state index is 12.2. The maximum Gasteiger partial charge on any atom is 0.271 e. The van der Waals surface area contributed by atoms with Crippen molar-refractivity contribution in [3.63, 3.8) is 0 Å². The molecule has 7 heteroatoms. The van der Waals surface area contributed by atoms with Gasteiger partial charge < -0.3 is 9.47 Å². The zero-order chi connectivity index (χ0) is 22.2. The van der Waals surface area contributed by atoms with Crippen molar-refractivity contribution in [1.29, 1.82) is 0 Å². The van der Waals surface area contributed by atoms with Crippen LogP contribution in [0.15, 0.2) is 70.2 Å². The molecule has 5 nitrogen and oxygen atoms in total. The van der Waals surface area contributed by atoms with E-state index in [1.54, 1.807) is 30.5 Å². The van der Waals surface area contributed by atoms with Crippen LogP contribution in [0, 0.1) is 6.92 Å². The topological polar surface area (TPSA) is 59.9 Å². The number of hydrazone groups is 1. The lowest BCUT2D eigenvalue weighted by atomic mass is 10.1. The average Bonchev–Trinajstić information content (AvgIpc) is 2.73. The normalized spacial score (nSPS) is 10.8. The molecule has 0 saturated heterocycles. The third-order valence-corrected chi connectivity index (χ3v) is 5.09. The molecule has 3 rings (SSSR count). The van der Waals surface area contributed by atoms with E-state index in [4.69, 9.17) is 21.1 Å². The Morgan fingerprint density at radius 2 is 1.94 bits per heavy atom. The SMILES string of the molecule is CCOc1cc(/C=N\NC(=O)c2cccc(Cl)c2)cc(Br)c1OCc1cccc(C)c1. The summed E-state index contributed by atoms with van der Waals surface area (Å²) in [5, 5.41) is 4.53. The Balaban J connectivity index is 1.72. The van der Waals surface area contributed by atoms with Crippen molar-refractivity contribution in [3.8, 4) is 11.5 Å². The highest BCUT2D eigenvalue weighted by Gasteiger charge is 2.12. The summed E-state index contributed by atoms with van der Waals surface area (Å²) in [6, 6.07) is 18.5. The van der Waals surface area contributed by atoms with E-state index in [9.17, 15) is 4.79 Å². The van der Waals surface area contributed by atoms with E-state index < -0.39 is 0 Å². The number of rotatable bonds is 8. The molecule has 0 aliphatic rings. The van der Waals surface area contributed by atoms with Crippen molar-refractivity contribution in [2.24, 2.45) is 5.10 Å². The molecule has 0 spiro atoms. The van der Waals surface area contributed by atoms with E-state index in [2.05, 4.69) is 32.5 Å². The van der Waals surface area contributed by atoms with Gasteiger partial charge in [0.15, 0.2) is 11.5 Å². The van der Waals surface area contributed by atoms with E-state index in [1.165, 1.54) is 5.56 Å². The van der Waals surface area contributed by atoms with Gasteiger partial charge in [-0.15, -0.1) is 0 Å². The van der Waals surface area contributed by atoms with Crippen LogP contribution in [0.1, 0.15) is 34.0 Å². The highest BCUT2D eigenvalue weighted by Crippen LogP contribution is 2.37. The van der Waals surface area contributed by atoms with Crippen LogP contribution in [-0.4, -0.2) is 18.7 Å². The van der Waals surface area contributed by atoms with Crippen molar-refractivity contribution < 1.29 is 14.3 Å². The number of carbonyl (C=O) groups excluding carboxylic acids is 1. The van der Waals surface area contributed by atoms with Crippen molar-refractivity contribution in [2.45, 2.75) is 20.5 Å². The summed E-state index contributed by atoms with van der Waals surface area (Å²) in [4.78, 5) is 12.2. The van der Waals surface area contributed by atoms with Crippen LogP contribution >= 0.6 is 27.5 Å². The fraction of sp³-hybridized carbons (Fsp3) is 0.167. The number of benzene rings is 3. The molecule has 0 fully saturated rings. The van der Waals surface area contributed by atoms with E-state index in [0.29, 0.717) is 35.3 Å². The Morgan fingerprint density at radius 3 is 2.68 bits per heavy atom. The minimum absolute atomic E-state index is 0.346. The second-order valence-corrected chi connectivity index (χ2v) is 8.04. The summed E-state index contributed by atoms with van der Waals surface area (Å²) in [6.45, 7) is 4.86. The van der Waals surface area contributed by atoms with Gasteiger partial charge in [0.25, 0.3) is 5.91 Å². The average molecular weight is 502 g/mol. The number of ether oxygens (including phenoxy) is 2. The standard InChI is InChI=1S/C24H22BrClN2O3/c1-3-30-22-12-18(14-27-28-24(29)19-8-5-9-20(26)13-19)11-21(25)23(22)31-15-17-7-4-6-16(2)10-17/h4-14H,3,15H2,1-2H3,(H,28,29)/b27-14-. The summed E-state index contributed by atoms with van der Waals surface area (Å²) in [7, 11) is 0.